The predicted molar refractivity (Wildman–Crippen MR) is 110 cm³/mol. The maximum absolute atomic E-state index is 12.6. The van der Waals surface area contributed by atoms with E-state index in [-0.39, 0.29) is 11.7 Å². The van der Waals surface area contributed by atoms with Crippen LogP contribution in [-0.4, -0.2) is 52.2 Å². The number of hydrogen-bond acceptors (Lipinski definition) is 6. The van der Waals surface area contributed by atoms with Crippen molar-refractivity contribution in [3.8, 4) is 11.5 Å². The SMILES string of the molecule is COc1cc(OC)cc(C(=O)Nc2ccc(N3CCC4(CC3)OCCO4)cc2)c1. The number of nitrogens with one attached hydrogen (secondary N) is 1. The fourth-order valence-electron chi connectivity index (χ4n) is 3.79. The van der Waals surface area contributed by atoms with Gasteiger partial charge in [-0.05, 0) is 36.4 Å². The lowest BCUT2D eigenvalue weighted by Gasteiger charge is -2.38. The van der Waals surface area contributed by atoms with Gasteiger partial charge >= 0.3 is 0 Å². The van der Waals surface area contributed by atoms with Crippen LogP contribution in [0.25, 0.3) is 0 Å². The molecule has 2 aromatic rings. The second kappa shape index (κ2) is 8.31. The fraction of sp³-hybridized carbons (Fsp3) is 0.409. The molecule has 2 fully saturated rings. The van der Waals surface area contributed by atoms with Gasteiger partial charge in [0.25, 0.3) is 5.91 Å². The van der Waals surface area contributed by atoms with Crippen LogP contribution >= 0.6 is 0 Å². The van der Waals surface area contributed by atoms with Gasteiger partial charge in [0.2, 0.25) is 0 Å². The first kappa shape index (κ1) is 19.5. The van der Waals surface area contributed by atoms with Crippen molar-refractivity contribution < 1.29 is 23.7 Å². The molecule has 1 N–H and O–H groups in total. The number of anilines is 2. The monoisotopic (exact) mass is 398 g/mol. The lowest BCUT2D eigenvalue weighted by Crippen LogP contribution is -2.45. The van der Waals surface area contributed by atoms with Crippen LogP contribution in [0.5, 0.6) is 11.5 Å². The minimum absolute atomic E-state index is 0.217. The standard InChI is InChI=1S/C22H26N2O5/c1-26-19-13-16(14-20(15-19)27-2)21(25)23-17-3-5-18(6-4-17)24-9-7-22(8-10-24)28-11-12-29-22/h3-6,13-15H,7-12H2,1-2H3,(H,23,25). The van der Waals surface area contributed by atoms with E-state index in [2.05, 4.69) is 10.2 Å². The highest BCUT2D eigenvalue weighted by molar-refractivity contribution is 6.04. The molecule has 0 unspecified atom stereocenters. The Bertz CT molecular complexity index is 830. The Morgan fingerprint density at radius 3 is 2.10 bits per heavy atom. The van der Waals surface area contributed by atoms with Gasteiger partial charge in [-0.3, -0.25) is 4.79 Å². The number of hydrogen-bond donors (Lipinski definition) is 1. The topological polar surface area (TPSA) is 69.3 Å². The molecule has 0 saturated carbocycles. The number of ether oxygens (including phenoxy) is 4. The van der Waals surface area contributed by atoms with Gasteiger partial charge in [-0.2, -0.15) is 0 Å². The Balaban J connectivity index is 1.39. The van der Waals surface area contributed by atoms with Crippen molar-refractivity contribution in [3.05, 3.63) is 48.0 Å². The first-order chi connectivity index (χ1) is 14.1. The van der Waals surface area contributed by atoms with Gasteiger partial charge in [-0.1, -0.05) is 0 Å². The molecule has 0 aliphatic carbocycles. The minimum atomic E-state index is -0.373. The summed E-state index contributed by atoms with van der Waals surface area (Å²) in [6, 6.07) is 13.0. The average Bonchev–Trinajstić information content (AvgIpc) is 3.22. The second-order valence-electron chi connectivity index (χ2n) is 7.20. The normalized spacial score (nSPS) is 17.9. The van der Waals surface area contributed by atoms with E-state index in [1.54, 1.807) is 32.4 Å². The molecule has 4 rings (SSSR count). The van der Waals surface area contributed by atoms with Crippen LogP contribution in [0.1, 0.15) is 23.2 Å². The zero-order valence-corrected chi connectivity index (χ0v) is 16.8. The van der Waals surface area contributed by atoms with E-state index in [4.69, 9.17) is 18.9 Å². The summed E-state index contributed by atoms with van der Waals surface area (Å²) in [6.45, 7) is 3.14. The summed E-state index contributed by atoms with van der Waals surface area (Å²) in [6.07, 6.45) is 1.73. The number of nitrogens with zero attached hydrogens (tertiary/aromatic N) is 1. The third-order valence-corrected chi connectivity index (χ3v) is 5.44. The summed E-state index contributed by atoms with van der Waals surface area (Å²) in [4.78, 5) is 14.9. The van der Waals surface area contributed by atoms with Crippen LogP contribution in [-0.2, 0) is 9.47 Å². The molecule has 2 aliphatic rings. The van der Waals surface area contributed by atoms with E-state index in [9.17, 15) is 4.79 Å². The van der Waals surface area contributed by atoms with E-state index in [0.29, 0.717) is 30.3 Å². The molecule has 154 valence electrons. The molecule has 7 heteroatoms. The average molecular weight is 398 g/mol. The minimum Gasteiger partial charge on any atom is -0.497 e. The van der Waals surface area contributed by atoms with Crippen LogP contribution in [0.2, 0.25) is 0 Å². The number of carbonyl (C=O) groups is 1. The summed E-state index contributed by atoms with van der Waals surface area (Å²) >= 11 is 0. The maximum atomic E-state index is 12.6. The highest BCUT2D eigenvalue weighted by Crippen LogP contribution is 2.33. The molecular weight excluding hydrogens is 372 g/mol. The van der Waals surface area contributed by atoms with Crippen LogP contribution in [0.4, 0.5) is 11.4 Å². The molecule has 0 bridgehead atoms. The quantitative estimate of drug-likeness (QED) is 0.834. The molecule has 0 aromatic heterocycles. The van der Waals surface area contributed by atoms with Crippen LogP contribution in [0.3, 0.4) is 0 Å². The molecule has 0 atom stereocenters. The Hall–Kier alpha value is -2.77. The van der Waals surface area contributed by atoms with Crippen LogP contribution in [0.15, 0.2) is 42.5 Å². The van der Waals surface area contributed by atoms with Crippen molar-refractivity contribution >= 4 is 17.3 Å². The van der Waals surface area contributed by atoms with Crippen LogP contribution < -0.4 is 19.7 Å². The zero-order chi connectivity index (χ0) is 20.3. The summed E-state index contributed by atoms with van der Waals surface area (Å²) in [5.41, 5.74) is 2.33. The third-order valence-electron chi connectivity index (χ3n) is 5.44. The number of benzene rings is 2. The lowest BCUT2D eigenvalue weighted by atomic mass is 10.0. The lowest BCUT2D eigenvalue weighted by molar-refractivity contribution is -0.169. The van der Waals surface area contributed by atoms with Gasteiger partial charge < -0.3 is 29.2 Å². The van der Waals surface area contributed by atoms with Gasteiger partial charge in [0.15, 0.2) is 5.79 Å². The van der Waals surface area contributed by atoms with Crippen molar-refractivity contribution in [1.82, 2.24) is 0 Å². The van der Waals surface area contributed by atoms with Gasteiger partial charge in [0, 0.05) is 48.9 Å². The van der Waals surface area contributed by atoms with Gasteiger partial charge in [-0.15, -0.1) is 0 Å². The van der Waals surface area contributed by atoms with Gasteiger partial charge in [0.05, 0.1) is 27.4 Å². The molecular formula is C22H26N2O5. The molecule has 1 spiro atoms. The van der Waals surface area contributed by atoms with E-state index < -0.39 is 0 Å². The largest absolute Gasteiger partial charge is 0.497 e. The molecule has 2 saturated heterocycles. The van der Waals surface area contributed by atoms with Crippen LogP contribution in [0, 0.1) is 0 Å². The van der Waals surface area contributed by atoms with Gasteiger partial charge in [-0.25, -0.2) is 0 Å². The first-order valence-corrected chi connectivity index (χ1v) is 9.78. The van der Waals surface area contributed by atoms with Crippen molar-refractivity contribution in [1.29, 1.82) is 0 Å². The summed E-state index contributed by atoms with van der Waals surface area (Å²) in [7, 11) is 3.12. The zero-order valence-electron chi connectivity index (χ0n) is 16.8. The van der Waals surface area contributed by atoms with Crippen molar-refractivity contribution in [2.45, 2.75) is 18.6 Å². The maximum Gasteiger partial charge on any atom is 0.255 e. The molecule has 2 aliphatic heterocycles. The summed E-state index contributed by atoms with van der Waals surface area (Å²) in [5.74, 6) is 0.554. The number of carbonyl (C=O) groups excluding carboxylic acids is 1. The number of methoxy groups -OCH3 is 2. The Kier molecular flexibility index (Phi) is 5.60. The Morgan fingerprint density at radius 1 is 0.966 bits per heavy atom. The van der Waals surface area contributed by atoms with Crippen molar-refractivity contribution in [3.63, 3.8) is 0 Å². The van der Waals surface area contributed by atoms with Crippen molar-refractivity contribution in [2.24, 2.45) is 0 Å². The summed E-state index contributed by atoms with van der Waals surface area (Å²) < 4.78 is 22.0. The number of piperidine rings is 1. The molecule has 0 radical (unpaired) electrons. The highest BCUT2D eigenvalue weighted by atomic mass is 16.7. The smallest absolute Gasteiger partial charge is 0.255 e. The van der Waals surface area contributed by atoms with Crippen molar-refractivity contribution in [2.75, 3.05) is 50.7 Å². The van der Waals surface area contributed by atoms with E-state index >= 15 is 0 Å². The number of rotatable bonds is 5. The second-order valence-corrected chi connectivity index (χ2v) is 7.20. The van der Waals surface area contributed by atoms with E-state index in [1.807, 2.05) is 24.3 Å². The predicted octanol–water partition coefficient (Wildman–Crippen LogP) is 3.30. The molecule has 1 amide bonds. The molecule has 29 heavy (non-hydrogen) atoms. The summed E-state index contributed by atoms with van der Waals surface area (Å²) in [5, 5.41) is 2.92. The molecule has 2 aromatic carbocycles. The Morgan fingerprint density at radius 2 is 1.55 bits per heavy atom. The third kappa shape index (κ3) is 4.31. The number of amides is 1. The highest BCUT2D eigenvalue weighted by Gasteiger charge is 2.39. The molecule has 2 heterocycles. The first-order valence-electron chi connectivity index (χ1n) is 9.78. The fourth-order valence-corrected chi connectivity index (χ4v) is 3.79. The van der Waals surface area contributed by atoms with E-state index in [1.165, 1.54) is 0 Å². The Labute approximate surface area is 170 Å². The van der Waals surface area contributed by atoms with E-state index in [0.717, 1.165) is 37.3 Å². The molecule has 7 nitrogen and oxygen atoms in total. The van der Waals surface area contributed by atoms with Gasteiger partial charge in [0.1, 0.15) is 11.5 Å².